The first-order chi connectivity index (χ1) is 14.9. The van der Waals surface area contributed by atoms with E-state index in [-0.39, 0.29) is 5.75 Å². The molecular formula is C25H29N3O2S. The average molecular weight is 436 g/mol. The van der Waals surface area contributed by atoms with Crippen LogP contribution in [-0.2, 0) is 6.54 Å². The molecule has 6 heteroatoms. The van der Waals surface area contributed by atoms with E-state index in [0.717, 1.165) is 27.7 Å². The molecule has 0 radical (unpaired) electrons. The highest BCUT2D eigenvalue weighted by molar-refractivity contribution is 8.13. The summed E-state index contributed by atoms with van der Waals surface area (Å²) in [5.74, 6) is 0.653. The van der Waals surface area contributed by atoms with E-state index in [9.17, 15) is 10.3 Å². The highest BCUT2D eigenvalue weighted by Gasteiger charge is 2.17. The maximum atomic E-state index is 11.6. The van der Waals surface area contributed by atoms with Crippen molar-refractivity contribution in [2.45, 2.75) is 32.2 Å². The Kier molecular flexibility index (Phi) is 8.12. The number of hydrogen-bond donors (Lipinski definition) is 2. The van der Waals surface area contributed by atoms with Gasteiger partial charge in [0.05, 0.1) is 0 Å². The van der Waals surface area contributed by atoms with Crippen molar-refractivity contribution in [1.82, 2.24) is 4.90 Å². The molecule has 0 spiro atoms. The fourth-order valence-electron chi connectivity index (χ4n) is 3.26. The third-order valence-corrected chi connectivity index (χ3v) is 5.64. The number of rotatable bonds is 7. The number of aromatic hydroxyl groups is 1. The maximum Gasteiger partial charge on any atom is 0.169 e. The number of nitrogens with zero attached hydrogens (tertiary/aromatic N) is 2. The van der Waals surface area contributed by atoms with Gasteiger partial charge >= 0.3 is 0 Å². The average Bonchev–Trinajstić information content (AvgIpc) is 2.73. The normalized spacial score (nSPS) is 11.7. The summed E-state index contributed by atoms with van der Waals surface area (Å²) in [6.45, 7) is 7.80. The molecule has 0 aromatic heterocycles. The predicted octanol–water partition coefficient (Wildman–Crippen LogP) is 5.33. The van der Waals surface area contributed by atoms with Gasteiger partial charge in [0.15, 0.2) is 10.9 Å². The van der Waals surface area contributed by atoms with Gasteiger partial charge < -0.3 is 20.7 Å². The number of phenolic OH excluding ortho intramolecular Hbond substituents is 1. The number of para-hydroxylation sites is 1. The van der Waals surface area contributed by atoms with Crippen LogP contribution in [0.5, 0.6) is 5.75 Å². The standard InChI is InChI=1S/C25H29N3O2S/c1-18(2)16-28(17-20-9-7-10-21(29)15-20)25(31-22-11-6-8-19(3)14-22)26-23-12-4-5-13-24(23)27-30/h4-15,18,29H,16-17,27H2,1-3H3. The Morgan fingerprint density at radius 3 is 2.55 bits per heavy atom. The Balaban J connectivity index is 2.04. The summed E-state index contributed by atoms with van der Waals surface area (Å²) in [6, 6.07) is 23.0. The Hall–Kier alpha value is -2.80. The van der Waals surface area contributed by atoms with Crippen LogP contribution in [0.4, 0.5) is 11.4 Å². The number of nitrogens with two attached hydrogens (primary N) is 1. The Morgan fingerprint density at radius 2 is 1.84 bits per heavy atom. The SMILES string of the molecule is Cc1cccc(SC(=Nc2ccccc2[NH2+][O-])N(Cc2cccc(O)c2)CC(C)C)c1. The molecule has 0 aliphatic rings. The lowest BCUT2D eigenvalue weighted by Crippen LogP contribution is -2.70. The van der Waals surface area contributed by atoms with Crippen molar-refractivity contribution in [3.05, 3.63) is 89.1 Å². The first-order valence-corrected chi connectivity index (χ1v) is 11.2. The molecule has 0 saturated heterocycles. The minimum absolute atomic E-state index is 0.248. The number of hydrogen-bond acceptors (Lipinski definition) is 4. The molecule has 162 valence electrons. The molecule has 0 heterocycles. The first kappa shape index (κ1) is 22.9. The van der Waals surface area contributed by atoms with Crippen molar-refractivity contribution >= 4 is 28.3 Å². The van der Waals surface area contributed by atoms with E-state index in [1.807, 2.05) is 36.4 Å². The number of quaternary nitrogens is 1. The second kappa shape index (κ2) is 11.0. The highest BCUT2D eigenvalue weighted by Crippen LogP contribution is 2.29. The number of phenols is 1. The third-order valence-electron chi connectivity index (χ3n) is 4.62. The molecule has 31 heavy (non-hydrogen) atoms. The third kappa shape index (κ3) is 6.85. The van der Waals surface area contributed by atoms with Crippen molar-refractivity contribution < 1.29 is 10.6 Å². The van der Waals surface area contributed by atoms with Crippen molar-refractivity contribution in [3.8, 4) is 5.75 Å². The summed E-state index contributed by atoms with van der Waals surface area (Å²) in [4.78, 5) is 8.24. The molecule has 3 aromatic rings. The molecule has 0 atom stereocenters. The van der Waals surface area contributed by atoms with Crippen LogP contribution in [0.15, 0.2) is 82.7 Å². The van der Waals surface area contributed by atoms with Crippen LogP contribution in [0, 0.1) is 18.0 Å². The predicted molar refractivity (Wildman–Crippen MR) is 129 cm³/mol. The molecule has 5 nitrogen and oxygen atoms in total. The summed E-state index contributed by atoms with van der Waals surface area (Å²) < 4.78 is 0. The molecule has 3 N–H and O–H groups in total. The van der Waals surface area contributed by atoms with Crippen molar-refractivity contribution in [3.63, 3.8) is 0 Å². The number of thioether (sulfide) groups is 1. The summed E-state index contributed by atoms with van der Waals surface area (Å²) in [5.41, 5.74) is 4.24. The van der Waals surface area contributed by atoms with Crippen LogP contribution in [0.3, 0.4) is 0 Å². The van der Waals surface area contributed by atoms with E-state index in [2.05, 4.69) is 43.9 Å². The van der Waals surface area contributed by atoms with Gasteiger partial charge in [0, 0.05) is 24.1 Å². The number of aliphatic imine (C=N–C) groups is 1. The zero-order chi connectivity index (χ0) is 22.2. The van der Waals surface area contributed by atoms with Crippen molar-refractivity contribution in [1.29, 1.82) is 0 Å². The van der Waals surface area contributed by atoms with Crippen LogP contribution in [0.2, 0.25) is 0 Å². The molecule has 0 aliphatic heterocycles. The van der Waals surface area contributed by atoms with Gasteiger partial charge in [-0.05, 0) is 48.7 Å². The highest BCUT2D eigenvalue weighted by atomic mass is 32.2. The lowest BCUT2D eigenvalue weighted by molar-refractivity contribution is -0.496. The molecule has 0 bridgehead atoms. The van der Waals surface area contributed by atoms with Gasteiger partial charge in [0.25, 0.3) is 0 Å². The fraction of sp³-hybridized carbons (Fsp3) is 0.240. The molecule has 3 rings (SSSR count). The number of amidine groups is 1. The van der Waals surface area contributed by atoms with Gasteiger partial charge in [-0.1, -0.05) is 67.6 Å². The monoisotopic (exact) mass is 435 g/mol. The van der Waals surface area contributed by atoms with Gasteiger partial charge in [0.1, 0.15) is 11.4 Å². The van der Waals surface area contributed by atoms with Crippen LogP contribution in [0.1, 0.15) is 25.0 Å². The minimum Gasteiger partial charge on any atom is -0.630 e. The van der Waals surface area contributed by atoms with E-state index in [1.54, 1.807) is 30.0 Å². The largest absolute Gasteiger partial charge is 0.630 e. The molecular weight excluding hydrogens is 406 g/mol. The topological polar surface area (TPSA) is 75.5 Å². The number of benzene rings is 3. The zero-order valence-electron chi connectivity index (χ0n) is 18.2. The van der Waals surface area contributed by atoms with E-state index in [0.29, 0.717) is 23.8 Å². The molecule has 0 saturated carbocycles. The van der Waals surface area contributed by atoms with E-state index in [1.165, 1.54) is 5.56 Å². The van der Waals surface area contributed by atoms with Gasteiger partial charge in [-0.3, -0.25) is 0 Å². The van der Waals surface area contributed by atoms with Gasteiger partial charge in [-0.25, -0.2) is 4.99 Å². The minimum atomic E-state index is 0.248. The Morgan fingerprint density at radius 1 is 1.06 bits per heavy atom. The molecule has 0 fully saturated rings. The second-order valence-corrected chi connectivity index (χ2v) is 8.97. The molecule has 0 unspecified atom stereocenters. The fourth-order valence-corrected chi connectivity index (χ4v) is 4.28. The molecule has 0 amide bonds. The maximum absolute atomic E-state index is 11.6. The van der Waals surface area contributed by atoms with Crippen molar-refractivity contribution in [2.24, 2.45) is 10.9 Å². The van der Waals surface area contributed by atoms with Crippen LogP contribution in [-0.4, -0.2) is 21.7 Å². The van der Waals surface area contributed by atoms with Crippen molar-refractivity contribution in [2.75, 3.05) is 6.54 Å². The lowest BCUT2D eigenvalue weighted by atomic mass is 10.1. The summed E-state index contributed by atoms with van der Waals surface area (Å²) in [7, 11) is 0. The van der Waals surface area contributed by atoms with Crippen LogP contribution < -0.4 is 5.48 Å². The summed E-state index contributed by atoms with van der Waals surface area (Å²) >= 11 is 1.59. The molecule has 0 aliphatic carbocycles. The van der Waals surface area contributed by atoms with Crippen LogP contribution in [0.25, 0.3) is 0 Å². The summed E-state index contributed by atoms with van der Waals surface area (Å²) in [6.07, 6.45) is 0. The van der Waals surface area contributed by atoms with Gasteiger partial charge in [-0.15, -0.1) is 0 Å². The zero-order valence-corrected chi connectivity index (χ0v) is 19.0. The number of aryl methyl sites for hydroxylation is 1. The van der Waals surface area contributed by atoms with Gasteiger partial charge in [-0.2, -0.15) is 0 Å². The quantitative estimate of drug-likeness (QED) is 0.173. The second-order valence-electron chi connectivity index (χ2n) is 7.93. The van der Waals surface area contributed by atoms with E-state index < -0.39 is 0 Å². The van der Waals surface area contributed by atoms with E-state index >= 15 is 0 Å². The molecule has 3 aromatic carbocycles. The van der Waals surface area contributed by atoms with E-state index in [4.69, 9.17) is 4.99 Å². The smallest absolute Gasteiger partial charge is 0.169 e. The Bertz CT molecular complexity index is 1040. The van der Waals surface area contributed by atoms with Crippen LogP contribution >= 0.6 is 11.8 Å². The first-order valence-electron chi connectivity index (χ1n) is 10.3. The Labute approximate surface area is 188 Å². The van der Waals surface area contributed by atoms with Gasteiger partial charge in [0.2, 0.25) is 0 Å². The summed E-state index contributed by atoms with van der Waals surface area (Å²) in [5, 5.41) is 22.3. The lowest BCUT2D eigenvalue weighted by Gasteiger charge is -2.28.